The molecular weight excluding hydrogens is 455 g/mol. The summed E-state index contributed by atoms with van der Waals surface area (Å²) in [4.78, 5) is 0.867. The average Bonchev–Trinajstić information content (AvgIpc) is 2.58. The highest BCUT2D eigenvalue weighted by atomic mass is 79.9. The van der Waals surface area contributed by atoms with Crippen LogP contribution in [0, 0.1) is 0 Å². The lowest BCUT2D eigenvalue weighted by molar-refractivity contribution is 0.223. The Hall–Kier alpha value is 0.610. The highest BCUT2D eigenvalue weighted by Gasteiger charge is 2.17. The molecule has 0 bridgehead atoms. The van der Waals surface area contributed by atoms with Gasteiger partial charge >= 0.3 is 0 Å². The van der Waals surface area contributed by atoms with Gasteiger partial charge in [0.25, 0.3) is 0 Å². The smallest absolute Gasteiger partial charge is 0.114 e. The lowest BCUT2D eigenvalue weighted by atomic mass is 10.1. The van der Waals surface area contributed by atoms with E-state index in [1.807, 2.05) is 12.1 Å². The minimum Gasteiger partial charge on any atom is -0.383 e. The number of rotatable bonds is 2. The van der Waals surface area contributed by atoms with E-state index in [0.29, 0.717) is 5.02 Å². The van der Waals surface area contributed by atoms with Crippen LogP contribution in [0.3, 0.4) is 0 Å². The molecule has 90 valence electrons. The van der Waals surface area contributed by atoms with E-state index in [1.54, 1.807) is 12.1 Å². The first-order valence-electron chi connectivity index (χ1n) is 4.57. The molecule has 0 saturated heterocycles. The van der Waals surface area contributed by atoms with Crippen molar-refractivity contribution in [1.82, 2.24) is 0 Å². The third kappa shape index (κ3) is 3.14. The number of hydrogen-bond acceptors (Lipinski definition) is 2. The van der Waals surface area contributed by atoms with Crippen LogP contribution >= 0.6 is 70.7 Å². The number of thiophene rings is 1. The SMILES string of the molecule is OC(c1cc(Br)c(Br)s1)c1ccc(Cl)cc1Br. The fourth-order valence-corrected chi connectivity index (χ4v) is 4.37. The third-order valence-corrected chi connectivity index (χ3v) is 6.42. The molecule has 1 N–H and O–H groups in total. The van der Waals surface area contributed by atoms with Crippen LogP contribution in [-0.2, 0) is 0 Å². The van der Waals surface area contributed by atoms with Crippen LogP contribution in [0.1, 0.15) is 16.5 Å². The van der Waals surface area contributed by atoms with Crippen molar-refractivity contribution >= 4 is 70.7 Å². The summed E-state index contributed by atoms with van der Waals surface area (Å²) in [6.45, 7) is 0. The van der Waals surface area contributed by atoms with Crippen molar-refractivity contribution < 1.29 is 5.11 Å². The van der Waals surface area contributed by atoms with Crippen LogP contribution in [-0.4, -0.2) is 5.11 Å². The third-order valence-electron chi connectivity index (χ3n) is 2.19. The molecule has 1 atom stereocenters. The molecule has 1 aromatic heterocycles. The van der Waals surface area contributed by atoms with E-state index in [1.165, 1.54) is 11.3 Å². The standard InChI is InChI=1S/C11H6Br3ClOS/c12-7-3-5(15)1-2-6(7)10(16)9-4-8(13)11(14)17-9/h1-4,10,16H. The fraction of sp³-hybridized carbons (Fsp3) is 0.0909. The van der Waals surface area contributed by atoms with E-state index in [-0.39, 0.29) is 0 Å². The molecule has 2 rings (SSSR count). The van der Waals surface area contributed by atoms with Gasteiger partial charge in [0, 0.05) is 24.4 Å². The minimum atomic E-state index is -0.658. The Balaban J connectivity index is 2.39. The molecule has 0 radical (unpaired) electrons. The summed E-state index contributed by atoms with van der Waals surface area (Å²) in [7, 11) is 0. The molecule has 0 amide bonds. The topological polar surface area (TPSA) is 20.2 Å². The highest BCUT2D eigenvalue weighted by molar-refractivity contribution is 9.13. The Labute approximate surface area is 133 Å². The van der Waals surface area contributed by atoms with E-state index in [4.69, 9.17) is 11.6 Å². The highest BCUT2D eigenvalue weighted by Crippen LogP contribution is 2.39. The maximum Gasteiger partial charge on any atom is 0.114 e. The van der Waals surface area contributed by atoms with Crippen LogP contribution in [0.25, 0.3) is 0 Å². The van der Waals surface area contributed by atoms with Crippen LogP contribution in [0.5, 0.6) is 0 Å². The van der Waals surface area contributed by atoms with Gasteiger partial charge in [0.15, 0.2) is 0 Å². The largest absolute Gasteiger partial charge is 0.383 e. The quantitative estimate of drug-likeness (QED) is 0.602. The maximum absolute atomic E-state index is 10.3. The van der Waals surface area contributed by atoms with Crippen molar-refractivity contribution in [1.29, 1.82) is 0 Å². The Morgan fingerprint density at radius 2 is 1.82 bits per heavy atom. The van der Waals surface area contributed by atoms with Crippen LogP contribution in [0.4, 0.5) is 0 Å². The van der Waals surface area contributed by atoms with Crippen molar-refractivity contribution in [3.05, 3.63) is 52.5 Å². The number of halogens is 4. The van der Waals surface area contributed by atoms with Gasteiger partial charge in [0.05, 0.1) is 3.79 Å². The molecule has 0 aliphatic heterocycles. The summed E-state index contributed by atoms with van der Waals surface area (Å²) in [6, 6.07) is 7.26. The molecule has 0 saturated carbocycles. The Kier molecular flexibility index (Phi) is 4.72. The lowest BCUT2D eigenvalue weighted by Crippen LogP contribution is -1.97. The molecule has 1 heterocycles. The molecule has 0 fully saturated rings. The van der Waals surface area contributed by atoms with E-state index < -0.39 is 6.10 Å². The van der Waals surface area contributed by atoms with E-state index >= 15 is 0 Å². The van der Waals surface area contributed by atoms with Crippen LogP contribution in [0.15, 0.2) is 37.0 Å². The van der Waals surface area contributed by atoms with E-state index in [2.05, 4.69) is 47.8 Å². The molecule has 0 spiro atoms. The number of benzene rings is 1. The van der Waals surface area contributed by atoms with Crippen molar-refractivity contribution in [2.45, 2.75) is 6.10 Å². The first kappa shape index (κ1) is 14.0. The molecule has 1 unspecified atom stereocenters. The Bertz CT molecular complexity index is 536. The predicted molar refractivity (Wildman–Crippen MR) is 82.9 cm³/mol. The van der Waals surface area contributed by atoms with E-state index in [0.717, 1.165) is 23.2 Å². The summed E-state index contributed by atoms with van der Waals surface area (Å²) in [5.74, 6) is 0. The van der Waals surface area contributed by atoms with Gasteiger partial charge in [-0.25, -0.2) is 0 Å². The van der Waals surface area contributed by atoms with Gasteiger partial charge < -0.3 is 5.11 Å². The second kappa shape index (κ2) is 5.72. The van der Waals surface area contributed by atoms with Crippen LogP contribution < -0.4 is 0 Å². The number of aliphatic hydroxyl groups is 1. The van der Waals surface area contributed by atoms with Gasteiger partial charge in [-0.3, -0.25) is 0 Å². The van der Waals surface area contributed by atoms with E-state index in [9.17, 15) is 5.11 Å². The van der Waals surface area contributed by atoms with Gasteiger partial charge in [-0.15, -0.1) is 11.3 Å². The van der Waals surface area contributed by atoms with Gasteiger partial charge in [0.1, 0.15) is 6.10 Å². The molecule has 6 heteroatoms. The zero-order chi connectivity index (χ0) is 12.6. The Morgan fingerprint density at radius 1 is 1.12 bits per heavy atom. The summed E-state index contributed by atoms with van der Waals surface area (Å²) in [6.07, 6.45) is -0.658. The second-order valence-electron chi connectivity index (χ2n) is 3.34. The van der Waals surface area contributed by atoms with Crippen molar-refractivity contribution in [3.63, 3.8) is 0 Å². The average molecular weight is 461 g/mol. The minimum absolute atomic E-state index is 0.640. The fourth-order valence-electron chi connectivity index (χ4n) is 1.37. The van der Waals surface area contributed by atoms with Gasteiger partial charge in [-0.1, -0.05) is 33.6 Å². The first-order chi connectivity index (χ1) is 7.99. The molecule has 0 aliphatic rings. The molecule has 17 heavy (non-hydrogen) atoms. The lowest BCUT2D eigenvalue weighted by Gasteiger charge is -2.11. The maximum atomic E-state index is 10.3. The van der Waals surface area contributed by atoms with Crippen molar-refractivity contribution in [2.24, 2.45) is 0 Å². The molecule has 2 aromatic rings. The second-order valence-corrected chi connectivity index (χ2v) is 7.89. The van der Waals surface area contributed by atoms with Crippen molar-refractivity contribution in [3.8, 4) is 0 Å². The summed E-state index contributed by atoms with van der Waals surface area (Å²) in [5, 5.41) is 10.9. The van der Waals surface area contributed by atoms with Gasteiger partial charge in [0.2, 0.25) is 0 Å². The summed E-state index contributed by atoms with van der Waals surface area (Å²) in [5.41, 5.74) is 0.802. The summed E-state index contributed by atoms with van der Waals surface area (Å²) >= 11 is 17.6. The molecular formula is C11H6Br3ClOS. The van der Waals surface area contributed by atoms with Gasteiger partial charge in [-0.05, 0) is 50.1 Å². The van der Waals surface area contributed by atoms with Crippen LogP contribution in [0.2, 0.25) is 5.02 Å². The predicted octanol–water partition coefficient (Wildman–Crippen LogP) is 5.77. The molecule has 1 nitrogen and oxygen atoms in total. The molecule has 0 aliphatic carbocycles. The van der Waals surface area contributed by atoms with Gasteiger partial charge in [-0.2, -0.15) is 0 Å². The number of aliphatic hydroxyl groups excluding tert-OH is 1. The summed E-state index contributed by atoms with van der Waals surface area (Å²) < 4.78 is 2.72. The monoisotopic (exact) mass is 458 g/mol. The normalized spacial score (nSPS) is 12.8. The first-order valence-corrected chi connectivity index (χ1v) is 8.14. The zero-order valence-electron chi connectivity index (χ0n) is 8.25. The number of hydrogen-bond donors (Lipinski definition) is 1. The Morgan fingerprint density at radius 3 is 2.35 bits per heavy atom. The zero-order valence-corrected chi connectivity index (χ0v) is 14.6. The van der Waals surface area contributed by atoms with Crippen molar-refractivity contribution in [2.75, 3.05) is 0 Å². The molecule has 1 aromatic carbocycles.